The van der Waals surface area contributed by atoms with Gasteiger partial charge in [0.15, 0.2) is 0 Å². The molecule has 1 aromatic carbocycles. The summed E-state index contributed by atoms with van der Waals surface area (Å²) in [5.41, 5.74) is 8.18. The summed E-state index contributed by atoms with van der Waals surface area (Å²) >= 11 is 0. The summed E-state index contributed by atoms with van der Waals surface area (Å²) in [6.45, 7) is 1.77. The topological polar surface area (TPSA) is 55.6 Å². The van der Waals surface area contributed by atoms with Gasteiger partial charge in [0.1, 0.15) is 0 Å². The molecule has 0 spiro atoms. The van der Waals surface area contributed by atoms with Crippen LogP contribution in [0.15, 0.2) is 18.2 Å². The Balaban J connectivity index is 2.22. The second kappa shape index (κ2) is 3.90. The number of nitrogens with zero attached hydrogens (tertiary/aromatic N) is 1. The summed E-state index contributed by atoms with van der Waals surface area (Å²) in [5.74, 6) is 0.0503. The second-order valence-corrected chi connectivity index (χ2v) is 3.59. The molecular weight excluding hydrogens is 192 g/mol. The molecule has 1 amide bonds. The first-order chi connectivity index (χ1) is 7.24. The summed E-state index contributed by atoms with van der Waals surface area (Å²) in [6.07, 6.45) is 0. The molecule has 1 aliphatic heterocycles. The highest BCUT2D eigenvalue weighted by atomic mass is 16.5. The number of amides is 1. The van der Waals surface area contributed by atoms with Crippen LogP contribution in [0.3, 0.4) is 0 Å². The molecular formula is C11H14N2O2. The van der Waals surface area contributed by atoms with Gasteiger partial charge < -0.3 is 15.4 Å². The van der Waals surface area contributed by atoms with E-state index in [-0.39, 0.29) is 5.91 Å². The van der Waals surface area contributed by atoms with Gasteiger partial charge >= 0.3 is 0 Å². The van der Waals surface area contributed by atoms with E-state index >= 15 is 0 Å². The van der Waals surface area contributed by atoms with Crippen molar-refractivity contribution < 1.29 is 9.53 Å². The van der Waals surface area contributed by atoms with Gasteiger partial charge in [0.25, 0.3) is 5.91 Å². The lowest BCUT2D eigenvalue weighted by molar-refractivity contribution is 0.0719. The van der Waals surface area contributed by atoms with E-state index in [9.17, 15) is 4.79 Å². The molecule has 1 heterocycles. The van der Waals surface area contributed by atoms with E-state index in [1.54, 1.807) is 12.0 Å². The van der Waals surface area contributed by atoms with Gasteiger partial charge in [-0.25, -0.2) is 0 Å². The molecule has 0 saturated heterocycles. The number of fused-ring (bicyclic) bond motifs is 1. The van der Waals surface area contributed by atoms with Crippen LogP contribution in [-0.2, 0) is 11.3 Å². The van der Waals surface area contributed by atoms with Gasteiger partial charge in [-0.2, -0.15) is 0 Å². The van der Waals surface area contributed by atoms with E-state index in [0.717, 1.165) is 11.1 Å². The summed E-state index contributed by atoms with van der Waals surface area (Å²) in [6, 6.07) is 5.46. The zero-order valence-electron chi connectivity index (χ0n) is 8.69. The molecule has 0 atom stereocenters. The Kier molecular flexibility index (Phi) is 2.60. The Morgan fingerprint density at radius 1 is 1.53 bits per heavy atom. The maximum absolute atomic E-state index is 11.9. The van der Waals surface area contributed by atoms with Crippen molar-refractivity contribution in [3.8, 4) is 0 Å². The maximum Gasteiger partial charge on any atom is 0.254 e. The SMILES string of the molecule is COCCN1Cc2c(N)cccc2C1=O. The van der Waals surface area contributed by atoms with E-state index in [1.807, 2.05) is 18.2 Å². The lowest BCUT2D eigenvalue weighted by atomic mass is 10.1. The Labute approximate surface area is 88.6 Å². The van der Waals surface area contributed by atoms with Crippen molar-refractivity contribution in [3.63, 3.8) is 0 Å². The monoisotopic (exact) mass is 206 g/mol. The minimum atomic E-state index is 0.0503. The third-order valence-electron chi connectivity index (χ3n) is 2.64. The van der Waals surface area contributed by atoms with Gasteiger partial charge in [0, 0.05) is 37.0 Å². The van der Waals surface area contributed by atoms with E-state index in [0.29, 0.717) is 25.4 Å². The predicted molar refractivity (Wildman–Crippen MR) is 57.5 cm³/mol. The van der Waals surface area contributed by atoms with Gasteiger partial charge in [0.2, 0.25) is 0 Å². The summed E-state index contributed by atoms with van der Waals surface area (Å²) < 4.78 is 4.96. The van der Waals surface area contributed by atoms with Crippen LogP contribution in [0, 0.1) is 0 Å². The van der Waals surface area contributed by atoms with Gasteiger partial charge in [-0.15, -0.1) is 0 Å². The summed E-state index contributed by atoms with van der Waals surface area (Å²) in [4.78, 5) is 13.6. The number of benzene rings is 1. The molecule has 15 heavy (non-hydrogen) atoms. The van der Waals surface area contributed by atoms with Crippen molar-refractivity contribution in [2.45, 2.75) is 6.54 Å². The minimum Gasteiger partial charge on any atom is -0.398 e. The molecule has 4 heteroatoms. The molecule has 0 aliphatic carbocycles. The van der Waals surface area contributed by atoms with Crippen molar-refractivity contribution in [2.24, 2.45) is 0 Å². The molecule has 0 radical (unpaired) electrons. The van der Waals surface area contributed by atoms with Crippen LogP contribution in [0.1, 0.15) is 15.9 Å². The fourth-order valence-electron chi connectivity index (χ4n) is 1.80. The largest absolute Gasteiger partial charge is 0.398 e. The number of hydrogen-bond acceptors (Lipinski definition) is 3. The number of hydrogen-bond donors (Lipinski definition) is 1. The standard InChI is InChI=1S/C11H14N2O2/c1-15-6-5-13-7-9-8(11(13)14)3-2-4-10(9)12/h2-4H,5-7,12H2,1H3. The van der Waals surface area contributed by atoms with Crippen molar-refractivity contribution in [2.75, 3.05) is 26.0 Å². The fraction of sp³-hybridized carbons (Fsp3) is 0.364. The minimum absolute atomic E-state index is 0.0503. The number of anilines is 1. The Morgan fingerprint density at radius 3 is 3.00 bits per heavy atom. The molecule has 0 fully saturated rings. The Bertz CT molecular complexity index is 390. The number of ether oxygens (including phenoxy) is 1. The van der Waals surface area contributed by atoms with Crippen LogP contribution in [0.2, 0.25) is 0 Å². The normalized spacial score (nSPS) is 14.5. The number of nitrogens with two attached hydrogens (primary N) is 1. The van der Waals surface area contributed by atoms with Crippen molar-refractivity contribution in [1.29, 1.82) is 0 Å². The first-order valence-corrected chi connectivity index (χ1v) is 4.89. The smallest absolute Gasteiger partial charge is 0.254 e. The van der Waals surface area contributed by atoms with Gasteiger partial charge in [-0.1, -0.05) is 6.07 Å². The number of carbonyl (C=O) groups excluding carboxylic acids is 1. The average molecular weight is 206 g/mol. The van der Waals surface area contributed by atoms with Crippen molar-refractivity contribution in [3.05, 3.63) is 29.3 Å². The van der Waals surface area contributed by atoms with E-state index in [4.69, 9.17) is 10.5 Å². The van der Waals surface area contributed by atoms with Crippen LogP contribution in [0.5, 0.6) is 0 Å². The quantitative estimate of drug-likeness (QED) is 0.747. The highest BCUT2D eigenvalue weighted by molar-refractivity contribution is 5.99. The molecule has 1 aromatic rings. The highest BCUT2D eigenvalue weighted by Crippen LogP contribution is 2.26. The van der Waals surface area contributed by atoms with Crippen molar-refractivity contribution in [1.82, 2.24) is 4.90 Å². The molecule has 1 aliphatic rings. The van der Waals surface area contributed by atoms with Crippen LogP contribution in [0.4, 0.5) is 5.69 Å². The Hall–Kier alpha value is -1.55. The third kappa shape index (κ3) is 1.68. The first kappa shape index (κ1) is 9.98. The lowest BCUT2D eigenvalue weighted by Gasteiger charge is -2.14. The number of rotatable bonds is 3. The molecule has 0 saturated carbocycles. The average Bonchev–Trinajstić information content (AvgIpc) is 2.55. The van der Waals surface area contributed by atoms with Crippen LogP contribution < -0.4 is 5.73 Å². The van der Waals surface area contributed by atoms with Crippen molar-refractivity contribution >= 4 is 11.6 Å². The molecule has 4 nitrogen and oxygen atoms in total. The summed E-state index contributed by atoms with van der Waals surface area (Å²) in [7, 11) is 1.63. The maximum atomic E-state index is 11.9. The first-order valence-electron chi connectivity index (χ1n) is 4.89. The number of carbonyl (C=O) groups is 1. The zero-order valence-corrected chi connectivity index (χ0v) is 8.69. The third-order valence-corrected chi connectivity index (χ3v) is 2.64. The van der Waals surface area contributed by atoms with Gasteiger partial charge in [-0.3, -0.25) is 4.79 Å². The van der Waals surface area contributed by atoms with Gasteiger partial charge in [-0.05, 0) is 12.1 Å². The van der Waals surface area contributed by atoms with E-state index < -0.39 is 0 Å². The van der Waals surface area contributed by atoms with E-state index in [1.165, 1.54) is 0 Å². The van der Waals surface area contributed by atoms with Crippen LogP contribution >= 0.6 is 0 Å². The molecule has 80 valence electrons. The predicted octanol–water partition coefficient (Wildman–Crippen LogP) is 0.871. The summed E-state index contributed by atoms with van der Waals surface area (Å²) in [5, 5.41) is 0. The molecule has 0 unspecified atom stereocenters. The van der Waals surface area contributed by atoms with Gasteiger partial charge in [0.05, 0.1) is 6.61 Å². The highest BCUT2D eigenvalue weighted by Gasteiger charge is 2.27. The fourth-order valence-corrected chi connectivity index (χ4v) is 1.80. The van der Waals surface area contributed by atoms with Crippen LogP contribution in [0.25, 0.3) is 0 Å². The molecule has 2 rings (SSSR count). The number of methoxy groups -OCH3 is 1. The molecule has 0 aromatic heterocycles. The Morgan fingerprint density at radius 2 is 2.33 bits per heavy atom. The molecule has 0 bridgehead atoms. The van der Waals surface area contributed by atoms with Crippen LogP contribution in [-0.4, -0.2) is 31.1 Å². The second-order valence-electron chi connectivity index (χ2n) is 3.59. The zero-order chi connectivity index (χ0) is 10.8. The number of nitrogen functional groups attached to an aromatic ring is 1. The lowest BCUT2D eigenvalue weighted by Crippen LogP contribution is -2.27. The van der Waals surface area contributed by atoms with E-state index in [2.05, 4.69) is 0 Å². The molecule has 2 N–H and O–H groups in total.